The van der Waals surface area contributed by atoms with Crippen LogP contribution < -0.4 is 9.47 Å². The molecule has 1 aromatic rings. The molecule has 0 N–H and O–H groups in total. The Bertz CT molecular complexity index is 528. The molecule has 0 saturated carbocycles. The first kappa shape index (κ1) is 13.9. The van der Waals surface area contributed by atoms with Gasteiger partial charge in [-0.1, -0.05) is 6.92 Å². The number of benzene rings is 1. The van der Waals surface area contributed by atoms with Crippen molar-refractivity contribution in [1.29, 1.82) is 0 Å². The monoisotopic (exact) mass is 327 g/mol. The van der Waals surface area contributed by atoms with Gasteiger partial charge < -0.3 is 9.47 Å². The van der Waals surface area contributed by atoms with Gasteiger partial charge in [0, 0.05) is 18.9 Å². The molecule has 19 heavy (non-hydrogen) atoms. The SMILES string of the molecule is CCC(=Cc1cc(Br)c2c(c1)OCCCO2)[N+](=O)[O-]. The Morgan fingerprint density at radius 3 is 2.89 bits per heavy atom. The lowest BCUT2D eigenvalue weighted by Crippen LogP contribution is -1.97. The van der Waals surface area contributed by atoms with Gasteiger partial charge in [0.25, 0.3) is 0 Å². The van der Waals surface area contributed by atoms with Crippen LogP contribution in [-0.2, 0) is 0 Å². The van der Waals surface area contributed by atoms with Crippen molar-refractivity contribution in [3.05, 3.63) is 38.0 Å². The second-order valence-electron chi connectivity index (χ2n) is 4.13. The van der Waals surface area contributed by atoms with Crippen molar-refractivity contribution >= 4 is 22.0 Å². The highest BCUT2D eigenvalue weighted by atomic mass is 79.9. The van der Waals surface area contributed by atoms with Gasteiger partial charge in [0.05, 0.1) is 22.6 Å². The van der Waals surface area contributed by atoms with E-state index in [4.69, 9.17) is 9.47 Å². The third-order valence-corrected chi connectivity index (χ3v) is 3.34. The Morgan fingerprint density at radius 1 is 1.47 bits per heavy atom. The number of hydrogen-bond acceptors (Lipinski definition) is 4. The molecule has 0 amide bonds. The third-order valence-electron chi connectivity index (χ3n) is 2.75. The molecule has 0 unspecified atom stereocenters. The Balaban J connectivity index is 2.41. The first-order valence-corrected chi connectivity index (χ1v) is 6.85. The fourth-order valence-corrected chi connectivity index (χ4v) is 2.38. The summed E-state index contributed by atoms with van der Waals surface area (Å²) >= 11 is 3.41. The number of hydrogen-bond donors (Lipinski definition) is 0. The van der Waals surface area contributed by atoms with Crippen LogP contribution in [0.15, 0.2) is 22.3 Å². The van der Waals surface area contributed by atoms with Crippen LogP contribution in [0.25, 0.3) is 6.08 Å². The van der Waals surface area contributed by atoms with Crippen LogP contribution in [0.2, 0.25) is 0 Å². The van der Waals surface area contributed by atoms with Crippen LogP contribution in [0, 0.1) is 10.1 Å². The molecule has 1 heterocycles. The average Bonchev–Trinajstić information content (AvgIpc) is 2.61. The summed E-state index contributed by atoms with van der Waals surface area (Å²) in [7, 11) is 0. The first-order valence-electron chi connectivity index (χ1n) is 6.06. The van der Waals surface area contributed by atoms with Gasteiger partial charge in [0.15, 0.2) is 11.5 Å². The molecule has 0 saturated heterocycles. The summed E-state index contributed by atoms with van der Waals surface area (Å²) in [5.41, 5.74) is 0.895. The van der Waals surface area contributed by atoms with Gasteiger partial charge in [0.2, 0.25) is 5.70 Å². The first-order chi connectivity index (χ1) is 9.11. The number of rotatable bonds is 3. The zero-order chi connectivity index (χ0) is 13.8. The zero-order valence-corrected chi connectivity index (χ0v) is 12.1. The van der Waals surface area contributed by atoms with E-state index in [9.17, 15) is 10.1 Å². The van der Waals surface area contributed by atoms with E-state index < -0.39 is 0 Å². The maximum Gasteiger partial charge on any atom is 0.246 e. The Hall–Kier alpha value is -1.56. The number of nitrogens with zero attached hydrogens (tertiary/aromatic N) is 1. The molecule has 0 bridgehead atoms. The van der Waals surface area contributed by atoms with Gasteiger partial charge in [-0.3, -0.25) is 10.1 Å². The number of ether oxygens (including phenoxy) is 2. The van der Waals surface area contributed by atoms with Crippen molar-refractivity contribution in [1.82, 2.24) is 0 Å². The van der Waals surface area contributed by atoms with Crippen molar-refractivity contribution in [3.8, 4) is 11.5 Å². The molecular formula is C13H14BrNO4. The topological polar surface area (TPSA) is 61.6 Å². The number of nitro groups is 1. The molecule has 1 aliphatic rings. The predicted octanol–water partition coefficient (Wildman–Crippen LogP) is 3.64. The Labute approximate surface area is 119 Å². The number of fused-ring (bicyclic) bond motifs is 1. The number of allylic oxidation sites excluding steroid dienone is 1. The molecule has 0 radical (unpaired) electrons. The summed E-state index contributed by atoms with van der Waals surface area (Å²) in [6.07, 6.45) is 2.75. The van der Waals surface area contributed by atoms with Crippen LogP contribution in [-0.4, -0.2) is 18.1 Å². The highest BCUT2D eigenvalue weighted by molar-refractivity contribution is 9.10. The van der Waals surface area contributed by atoms with Crippen LogP contribution >= 0.6 is 15.9 Å². The van der Waals surface area contributed by atoms with Gasteiger partial charge in [-0.2, -0.15) is 0 Å². The van der Waals surface area contributed by atoms with Gasteiger partial charge in [-0.15, -0.1) is 0 Å². The van der Waals surface area contributed by atoms with Crippen molar-refractivity contribution < 1.29 is 14.4 Å². The van der Waals surface area contributed by atoms with Crippen molar-refractivity contribution in [3.63, 3.8) is 0 Å². The molecule has 0 fully saturated rings. The predicted molar refractivity (Wildman–Crippen MR) is 75.0 cm³/mol. The van der Waals surface area contributed by atoms with E-state index in [0.29, 0.717) is 31.1 Å². The van der Waals surface area contributed by atoms with E-state index in [0.717, 1.165) is 16.5 Å². The summed E-state index contributed by atoms with van der Waals surface area (Å²) in [4.78, 5) is 10.5. The Kier molecular flexibility index (Phi) is 4.42. The van der Waals surface area contributed by atoms with Crippen LogP contribution in [0.1, 0.15) is 25.3 Å². The summed E-state index contributed by atoms with van der Waals surface area (Å²) in [6.45, 7) is 2.95. The van der Waals surface area contributed by atoms with Crippen LogP contribution in [0.5, 0.6) is 11.5 Å². The van der Waals surface area contributed by atoms with E-state index in [2.05, 4.69) is 15.9 Å². The van der Waals surface area contributed by atoms with E-state index >= 15 is 0 Å². The molecule has 0 aliphatic carbocycles. The van der Waals surface area contributed by atoms with Crippen molar-refractivity contribution in [2.45, 2.75) is 19.8 Å². The van der Waals surface area contributed by atoms with E-state index in [1.54, 1.807) is 25.1 Å². The fraction of sp³-hybridized carbons (Fsp3) is 0.385. The lowest BCUT2D eigenvalue weighted by atomic mass is 10.1. The Morgan fingerprint density at radius 2 is 2.21 bits per heavy atom. The van der Waals surface area contributed by atoms with E-state index in [-0.39, 0.29) is 10.6 Å². The minimum Gasteiger partial charge on any atom is -0.489 e. The summed E-state index contributed by atoms with van der Waals surface area (Å²) in [5.74, 6) is 1.28. The lowest BCUT2D eigenvalue weighted by Gasteiger charge is -2.10. The maximum atomic E-state index is 10.8. The molecule has 1 aliphatic heterocycles. The highest BCUT2D eigenvalue weighted by Crippen LogP contribution is 2.38. The van der Waals surface area contributed by atoms with Crippen LogP contribution in [0.4, 0.5) is 0 Å². The van der Waals surface area contributed by atoms with Gasteiger partial charge in [0.1, 0.15) is 0 Å². The minimum atomic E-state index is -0.364. The van der Waals surface area contributed by atoms with Crippen molar-refractivity contribution in [2.24, 2.45) is 0 Å². The molecule has 1 aromatic carbocycles. The minimum absolute atomic E-state index is 0.168. The van der Waals surface area contributed by atoms with Gasteiger partial charge >= 0.3 is 0 Å². The second kappa shape index (κ2) is 6.06. The molecule has 5 nitrogen and oxygen atoms in total. The molecule has 0 spiro atoms. The van der Waals surface area contributed by atoms with Crippen LogP contribution in [0.3, 0.4) is 0 Å². The van der Waals surface area contributed by atoms with Crippen molar-refractivity contribution in [2.75, 3.05) is 13.2 Å². The lowest BCUT2D eigenvalue weighted by molar-refractivity contribution is -0.425. The number of halogens is 1. The normalized spacial score (nSPS) is 14.9. The zero-order valence-electron chi connectivity index (χ0n) is 10.5. The fourth-order valence-electron chi connectivity index (χ4n) is 1.81. The maximum absolute atomic E-state index is 10.8. The van der Waals surface area contributed by atoms with E-state index in [1.807, 2.05) is 0 Å². The largest absolute Gasteiger partial charge is 0.489 e. The summed E-state index contributed by atoms with van der Waals surface area (Å²) in [5, 5.41) is 10.8. The van der Waals surface area contributed by atoms with Gasteiger partial charge in [-0.25, -0.2) is 0 Å². The van der Waals surface area contributed by atoms with E-state index in [1.165, 1.54) is 0 Å². The van der Waals surface area contributed by atoms with Gasteiger partial charge in [-0.05, 0) is 33.6 Å². The summed E-state index contributed by atoms with van der Waals surface area (Å²) in [6, 6.07) is 3.57. The highest BCUT2D eigenvalue weighted by Gasteiger charge is 2.16. The molecule has 0 aromatic heterocycles. The standard InChI is InChI=1S/C13H14BrNO4/c1-2-10(15(16)17)6-9-7-11(14)13-12(8-9)18-4-3-5-19-13/h6-8H,2-5H2,1H3. The molecule has 102 valence electrons. The molecule has 2 rings (SSSR count). The molecule has 0 atom stereocenters. The summed E-state index contributed by atoms with van der Waals surface area (Å²) < 4.78 is 11.9. The average molecular weight is 328 g/mol. The second-order valence-corrected chi connectivity index (χ2v) is 4.98. The molecular weight excluding hydrogens is 314 g/mol. The molecule has 6 heteroatoms. The smallest absolute Gasteiger partial charge is 0.246 e. The quantitative estimate of drug-likeness (QED) is 0.628. The third kappa shape index (κ3) is 3.26.